The Morgan fingerprint density at radius 3 is 2.33 bits per heavy atom. The molecular formula is C25H29FN2O4S. The number of amides is 1. The van der Waals surface area contributed by atoms with E-state index in [9.17, 15) is 17.6 Å². The Labute approximate surface area is 194 Å². The number of ether oxygens (including phenoxy) is 1. The summed E-state index contributed by atoms with van der Waals surface area (Å²) in [6.07, 6.45) is 6.86. The monoisotopic (exact) mass is 472 g/mol. The fourth-order valence-corrected chi connectivity index (χ4v) is 7.51. The zero-order chi connectivity index (χ0) is 23.4. The van der Waals surface area contributed by atoms with Crippen molar-refractivity contribution in [3.8, 4) is 5.75 Å². The summed E-state index contributed by atoms with van der Waals surface area (Å²) in [7, 11) is -1.98. The molecule has 6 nitrogen and oxygen atoms in total. The van der Waals surface area contributed by atoms with Gasteiger partial charge in [-0.25, -0.2) is 12.8 Å². The van der Waals surface area contributed by atoms with Crippen LogP contribution in [0.25, 0.3) is 0 Å². The van der Waals surface area contributed by atoms with Gasteiger partial charge < -0.3 is 10.1 Å². The van der Waals surface area contributed by atoms with Gasteiger partial charge in [0.05, 0.1) is 24.5 Å². The largest absolute Gasteiger partial charge is 0.497 e. The summed E-state index contributed by atoms with van der Waals surface area (Å²) < 4.78 is 44.7. The Kier molecular flexibility index (Phi) is 5.19. The first-order chi connectivity index (χ1) is 15.6. The Morgan fingerprint density at radius 1 is 1.06 bits per heavy atom. The Hall–Kier alpha value is -2.61. The van der Waals surface area contributed by atoms with Crippen LogP contribution in [0.1, 0.15) is 44.1 Å². The van der Waals surface area contributed by atoms with Crippen LogP contribution in [-0.4, -0.2) is 27.7 Å². The van der Waals surface area contributed by atoms with Crippen LogP contribution in [0.5, 0.6) is 5.75 Å². The fraction of sp³-hybridized carbons (Fsp3) is 0.480. The van der Waals surface area contributed by atoms with E-state index in [1.807, 2.05) is 12.1 Å². The van der Waals surface area contributed by atoms with Gasteiger partial charge in [0.1, 0.15) is 11.6 Å². The van der Waals surface area contributed by atoms with Crippen LogP contribution >= 0.6 is 0 Å². The topological polar surface area (TPSA) is 84.5 Å². The predicted molar refractivity (Wildman–Crippen MR) is 125 cm³/mol. The van der Waals surface area contributed by atoms with Crippen LogP contribution in [0.15, 0.2) is 42.5 Å². The smallest absolute Gasteiger partial charge is 0.230 e. The maximum absolute atomic E-state index is 14.1. The number of hydrogen-bond acceptors (Lipinski definition) is 4. The van der Waals surface area contributed by atoms with E-state index < -0.39 is 21.3 Å². The molecule has 6 rings (SSSR count). The van der Waals surface area contributed by atoms with Crippen LogP contribution < -0.4 is 14.8 Å². The van der Waals surface area contributed by atoms with Gasteiger partial charge in [0.25, 0.3) is 0 Å². The first kappa shape index (κ1) is 22.2. The first-order valence-corrected chi connectivity index (χ1v) is 13.2. The third-order valence-electron chi connectivity index (χ3n) is 7.76. The number of benzene rings is 2. The molecule has 2 aromatic rings. The van der Waals surface area contributed by atoms with Gasteiger partial charge >= 0.3 is 0 Å². The second-order valence-electron chi connectivity index (χ2n) is 10.3. The highest BCUT2D eigenvalue weighted by Crippen LogP contribution is 2.66. The molecule has 0 aromatic heterocycles. The second-order valence-corrected chi connectivity index (χ2v) is 12.0. The highest BCUT2D eigenvalue weighted by molar-refractivity contribution is 7.92. The lowest BCUT2D eigenvalue weighted by molar-refractivity contribution is -0.143. The quantitative estimate of drug-likeness (QED) is 0.639. The number of halogens is 1. The molecule has 33 heavy (non-hydrogen) atoms. The molecule has 4 fully saturated rings. The van der Waals surface area contributed by atoms with Gasteiger partial charge in [0.15, 0.2) is 0 Å². The van der Waals surface area contributed by atoms with E-state index in [4.69, 9.17) is 4.74 Å². The number of anilines is 2. The molecule has 2 unspecified atom stereocenters. The Balaban J connectivity index is 1.42. The van der Waals surface area contributed by atoms with Crippen molar-refractivity contribution in [2.45, 2.75) is 43.9 Å². The summed E-state index contributed by atoms with van der Waals surface area (Å²) in [6, 6.07) is 12.3. The zero-order valence-corrected chi connectivity index (χ0v) is 19.7. The van der Waals surface area contributed by atoms with Crippen molar-refractivity contribution in [2.75, 3.05) is 23.4 Å². The van der Waals surface area contributed by atoms with Crippen molar-refractivity contribution in [2.24, 2.45) is 17.3 Å². The molecule has 0 spiro atoms. The van der Waals surface area contributed by atoms with Crippen LogP contribution in [-0.2, 0) is 20.2 Å². The number of hydrogen-bond donors (Lipinski definition) is 2. The summed E-state index contributed by atoms with van der Waals surface area (Å²) in [6.45, 7) is 0. The maximum Gasteiger partial charge on any atom is 0.230 e. The number of sulfonamides is 1. The van der Waals surface area contributed by atoms with Crippen molar-refractivity contribution in [3.05, 3.63) is 53.8 Å². The fourth-order valence-electron chi connectivity index (χ4n) is 6.96. The van der Waals surface area contributed by atoms with Gasteiger partial charge in [0.2, 0.25) is 15.9 Å². The van der Waals surface area contributed by atoms with Crippen LogP contribution in [0, 0.1) is 23.1 Å². The summed E-state index contributed by atoms with van der Waals surface area (Å²) in [4.78, 5) is 13.7. The summed E-state index contributed by atoms with van der Waals surface area (Å²) in [5.41, 5.74) is 1.01. The minimum Gasteiger partial charge on any atom is -0.497 e. The summed E-state index contributed by atoms with van der Waals surface area (Å²) in [5.74, 6) is 1.11. The van der Waals surface area contributed by atoms with E-state index in [-0.39, 0.29) is 17.0 Å². The molecule has 176 valence electrons. The molecule has 2 N–H and O–H groups in total. The average Bonchev–Trinajstić information content (AvgIpc) is 2.74. The molecule has 4 bridgehead atoms. The highest BCUT2D eigenvalue weighted by atomic mass is 32.2. The highest BCUT2D eigenvalue weighted by Gasteiger charge is 2.60. The lowest BCUT2D eigenvalue weighted by Crippen LogP contribution is -2.57. The molecule has 0 saturated heterocycles. The lowest BCUT2D eigenvalue weighted by atomic mass is 9.42. The number of carbonyl (C=O) groups is 1. The first-order valence-electron chi connectivity index (χ1n) is 11.3. The van der Waals surface area contributed by atoms with Gasteiger partial charge in [0, 0.05) is 5.69 Å². The SMILES string of the molecule is COc1ccc(C23CC4CC(CC(C(=O)Nc5ccc(F)c(NS(C)(=O)=O)c5)(C4)C2)C3)cc1. The molecule has 0 aliphatic heterocycles. The van der Waals surface area contributed by atoms with Crippen molar-refractivity contribution in [1.29, 1.82) is 0 Å². The standard InChI is InChI=1S/C25H29FN2O4S/c1-32-20-6-3-18(4-7-20)24-11-16-9-17(12-24)14-25(13-16,15-24)23(29)27-19-5-8-21(26)22(10-19)28-33(2,30)31/h3-8,10,16-17,28H,9,11-15H2,1-2H3,(H,27,29). The average molecular weight is 473 g/mol. The number of methoxy groups -OCH3 is 1. The van der Waals surface area contributed by atoms with Crippen molar-refractivity contribution >= 4 is 27.3 Å². The van der Waals surface area contributed by atoms with E-state index in [1.165, 1.54) is 30.2 Å². The molecule has 1 amide bonds. The van der Waals surface area contributed by atoms with Crippen molar-refractivity contribution in [3.63, 3.8) is 0 Å². The van der Waals surface area contributed by atoms with E-state index in [0.717, 1.165) is 44.1 Å². The van der Waals surface area contributed by atoms with E-state index in [2.05, 4.69) is 22.2 Å². The molecule has 4 aliphatic carbocycles. The molecule has 2 atom stereocenters. The lowest BCUT2D eigenvalue weighted by Gasteiger charge is -2.61. The third kappa shape index (κ3) is 4.09. The predicted octanol–water partition coefficient (Wildman–Crippen LogP) is 4.68. The van der Waals surface area contributed by atoms with E-state index >= 15 is 0 Å². The van der Waals surface area contributed by atoms with Gasteiger partial charge in [-0.3, -0.25) is 9.52 Å². The molecule has 8 heteroatoms. The molecular weight excluding hydrogens is 443 g/mol. The minimum absolute atomic E-state index is 0.0144. The number of carbonyl (C=O) groups excluding carboxylic acids is 1. The number of nitrogens with one attached hydrogen (secondary N) is 2. The van der Waals surface area contributed by atoms with Crippen LogP contribution in [0.4, 0.5) is 15.8 Å². The molecule has 0 radical (unpaired) electrons. The molecule has 4 aliphatic rings. The van der Waals surface area contributed by atoms with E-state index in [1.54, 1.807) is 7.11 Å². The van der Waals surface area contributed by atoms with Crippen LogP contribution in [0.2, 0.25) is 0 Å². The zero-order valence-electron chi connectivity index (χ0n) is 18.9. The summed E-state index contributed by atoms with van der Waals surface area (Å²) >= 11 is 0. The molecule has 4 saturated carbocycles. The second kappa shape index (κ2) is 7.72. The minimum atomic E-state index is -3.64. The van der Waals surface area contributed by atoms with Crippen molar-refractivity contribution in [1.82, 2.24) is 0 Å². The van der Waals surface area contributed by atoms with E-state index in [0.29, 0.717) is 17.5 Å². The Bertz CT molecular complexity index is 1180. The van der Waals surface area contributed by atoms with Gasteiger partial charge in [-0.05, 0) is 91.7 Å². The molecule has 2 aromatic carbocycles. The van der Waals surface area contributed by atoms with Crippen molar-refractivity contribution < 1.29 is 22.3 Å². The normalized spacial score (nSPS) is 30.2. The van der Waals surface area contributed by atoms with Crippen LogP contribution in [0.3, 0.4) is 0 Å². The summed E-state index contributed by atoms with van der Waals surface area (Å²) in [5, 5.41) is 2.98. The van der Waals surface area contributed by atoms with Gasteiger partial charge in [-0.15, -0.1) is 0 Å². The van der Waals surface area contributed by atoms with Gasteiger partial charge in [-0.1, -0.05) is 12.1 Å². The molecule has 0 heterocycles. The number of rotatable bonds is 6. The maximum atomic E-state index is 14.1. The Morgan fingerprint density at radius 2 is 1.73 bits per heavy atom. The third-order valence-corrected chi connectivity index (χ3v) is 8.36. The van der Waals surface area contributed by atoms with Gasteiger partial charge in [-0.2, -0.15) is 0 Å².